The number of nitrogens with zero attached hydrogens (tertiary/aromatic N) is 4. The van der Waals surface area contributed by atoms with Gasteiger partial charge >= 0.3 is 0 Å². The van der Waals surface area contributed by atoms with Gasteiger partial charge in [-0.25, -0.2) is 15.0 Å². The largest absolute Gasteiger partial charge is 0.329 e. The number of aromatic nitrogens is 3. The van der Waals surface area contributed by atoms with Crippen LogP contribution in [0.1, 0.15) is 50.6 Å². The zero-order valence-electron chi connectivity index (χ0n) is 16.7. The predicted octanol–water partition coefficient (Wildman–Crippen LogP) is 4.66. The summed E-state index contributed by atoms with van der Waals surface area (Å²) in [5.74, 6) is 1.58. The van der Waals surface area contributed by atoms with E-state index in [0.717, 1.165) is 40.0 Å². The molecule has 146 valence electrons. The van der Waals surface area contributed by atoms with Gasteiger partial charge in [-0.15, -0.1) is 11.8 Å². The van der Waals surface area contributed by atoms with Crippen LogP contribution in [-0.2, 0) is 0 Å². The Labute approximate surface area is 166 Å². The van der Waals surface area contributed by atoms with Gasteiger partial charge < -0.3 is 9.88 Å². The molecule has 2 aromatic heterocycles. The minimum atomic E-state index is 0.514. The van der Waals surface area contributed by atoms with Gasteiger partial charge in [0.25, 0.3) is 0 Å². The Morgan fingerprint density at radius 1 is 1.52 bits per heavy atom. The van der Waals surface area contributed by atoms with Gasteiger partial charge in [-0.05, 0) is 63.8 Å². The second-order valence-electron chi connectivity index (χ2n) is 7.48. The van der Waals surface area contributed by atoms with Crippen molar-refractivity contribution < 1.29 is 0 Å². The SMILES string of the molecule is C=CN=C(SC)c1cn(C2CCC([C@H](C)CCCNC)C2)c2ncncc12. The molecule has 0 bridgehead atoms. The summed E-state index contributed by atoms with van der Waals surface area (Å²) in [6.45, 7) is 7.29. The van der Waals surface area contributed by atoms with E-state index in [1.807, 2.05) is 19.5 Å². The second kappa shape index (κ2) is 9.51. The first-order chi connectivity index (χ1) is 13.2. The molecule has 0 amide bonds. The van der Waals surface area contributed by atoms with Crippen LogP contribution in [0.3, 0.4) is 0 Å². The lowest BCUT2D eigenvalue weighted by atomic mass is 9.88. The highest BCUT2D eigenvalue weighted by Crippen LogP contribution is 2.41. The van der Waals surface area contributed by atoms with Crippen LogP contribution in [0.15, 0.2) is 36.5 Å². The maximum Gasteiger partial charge on any atom is 0.144 e. The Balaban J connectivity index is 1.83. The molecule has 0 radical (unpaired) electrons. The number of hydrogen-bond acceptors (Lipinski definition) is 5. The molecular formula is C21H31N5S. The third kappa shape index (κ3) is 4.43. The van der Waals surface area contributed by atoms with Crippen molar-refractivity contribution in [3.05, 3.63) is 37.1 Å². The molecule has 3 atom stereocenters. The molecule has 3 rings (SSSR count). The van der Waals surface area contributed by atoms with Crippen LogP contribution in [0, 0.1) is 11.8 Å². The van der Waals surface area contributed by atoms with Crippen LogP contribution in [-0.4, -0.2) is 39.4 Å². The molecule has 2 heterocycles. The topological polar surface area (TPSA) is 55.1 Å². The summed E-state index contributed by atoms with van der Waals surface area (Å²) in [5, 5.41) is 5.31. The first kappa shape index (κ1) is 20.1. The van der Waals surface area contributed by atoms with Gasteiger partial charge in [0, 0.05) is 35.6 Å². The average Bonchev–Trinajstić information content (AvgIpc) is 3.31. The van der Waals surface area contributed by atoms with E-state index in [1.165, 1.54) is 32.1 Å². The Hall–Kier alpha value is -1.66. The monoisotopic (exact) mass is 385 g/mol. The van der Waals surface area contributed by atoms with Crippen molar-refractivity contribution in [1.29, 1.82) is 0 Å². The normalized spacial score (nSPS) is 21.7. The van der Waals surface area contributed by atoms with E-state index in [-0.39, 0.29) is 0 Å². The maximum absolute atomic E-state index is 4.61. The molecule has 2 aromatic rings. The minimum Gasteiger partial charge on any atom is -0.329 e. The van der Waals surface area contributed by atoms with E-state index in [1.54, 1.807) is 24.3 Å². The van der Waals surface area contributed by atoms with Crippen molar-refractivity contribution >= 4 is 27.8 Å². The van der Waals surface area contributed by atoms with Gasteiger partial charge in [-0.3, -0.25) is 0 Å². The molecule has 0 saturated heterocycles. The number of hydrogen-bond donors (Lipinski definition) is 1. The summed E-state index contributed by atoms with van der Waals surface area (Å²) < 4.78 is 2.38. The Bertz CT molecular complexity index is 797. The third-order valence-electron chi connectivity index (χ3n) is 5.86. The summed E-state index contributed by atoms with van der Waals surface area (Å²) in [6, 6.07) is 0.514. The number of fused-ring (bicyclic) bond motifs is 1. The zero-order chi connectivity index (χ0) is 19.2. The van der Waals surface area contributed by atoms with Gasteiger partial charge in [0.05, 0.1) is 0 Å². The minimum absolute atomic E-state index is 0.514. The van der Waals surface area contributed by atoms with Gasteiger partial charge in [-0.2, -0.15) is 0 Å². The molecule has 1 aliphatic carbocycles. The highest BCUT2D eigenvalue weighted by atomic mass is 32.2. The number of thioether (sulfide) groups is 1. The van der Waals surface area contributed by atoms with Crippen LogP contribution in [0.25, 0.3) is 11.0 Å². The Kier molecular flexibility index (Phi) is 7.07. The molecule has 1 saturated carbocycles. The Morgan fingerprint density at radius 2 is 2.37 bits per heavy atom. The molecule has 1 N–H and O–H groups in total. The zero-order valence-corrected chi connectivity index (χ0v) is 17.5. The number of rotatable bonds is 8. The molecule has 27 heavy (non-hydrogen) atoms. The van der Waals surface area contributed by atoms with Crippen LogP contribution >= 0.6 is 11.8 Å². The third-order valence-corrected chi connectivity index (χ3v) is 6.57. The highest BCUT2D eigenvalue weighted by Gasteiger charge is 2.31. The summed E-state index contributed by atoms with van der Waals surface area (Å²) >= 11 is 1.64. The van der Waals surface area contributed by atoms with Crippen molar-refractivity contribution in [3.8, 4) is 0 Å². The van der Waals surface area contributed by atoms with Crippen molar-refractivity contribution in [2.24, 2.45) is 16.8 Å². The van der Waals surface area contributed by atoms with E-state index >= 15 is 0 Å². The molecule has 6 heteroatoms. The number of nitrogens with one attached hydrogen (secondary N) is 1. The summed E-state index contributed by atoms with van der Waals surface area (Å²) in [7, 11) is 2.03. The van der Waals surface area contributed by atoms with E-state index < -0.39 is 0 Å². The summed E-state index contributed by atoms with van der Waals surface area (Å²) in [6.07, 6.45) is 15.8. The first-order valence-electron chi connectivity index (χ1n) is 9.87. The van der Waals surface area contributed by atoms with E-state index in [0.29, 0.717) is 6.04 Å². The van der Waals surface area contributed by atoms with Gasteiger partial charge in [0.1, 0.15) is 17.0 Å². The highest BCUT2D eigenvalue weighted by molar-refractivity contribution is 8.13. The quantitative estimate of drug-likeness (QED) is 0.408. The first-order valence-corrected chi connectivity index (χ1v) is 11.1. The van der Waals surface area contributed by atoms with Gasteiger partial charge in [0.2, 0.25) is 0 Å². The molecule has 0 spiro atoms. The molecular weight excluding hydrogens is 354 g/mol. The van der Waals surface area contributed by atoms with Crippen molar-refractivity contribution in [2.45, 2.75) is 45.1 Å². The van der Waals surface area contributed by atoms with E-state index in [9.17, 15) is 0 Å². The second-order valence-corrected chi connectivity index (χ2v) is 8.28. The summed E-state index contributed by atoms with van der Waals surface area (Å²) in [4.78, 5) is 13.3. The molecule has 2 unspecified atom stereocenters. The lowest BCUT2D eigenvalue weighted by molar-refractivity contribution is 0.327. The van der Waals surface area contributed by atoms with Crippen molar-refractivity contribution in [1.82, 2.24) is 19.9 Å². The van der Waals surface area contributed by atoms with Crippen LogP contribution in [0.4, 0.5) is 0 Å². The molecule has 1 aliphatic rings. The van der Waals surface area contributed by atoms with Crippen LogP contribution in [0.5, 0.6) is 0 Å². The average molecular weight is 386 g/mol. The van der Waals surface area contributed by atoms with Gasteiger partial charge in [-0.1, -0.05) is 13.5 Å². The molecule has 0 aliphatic heterocycles. The number of aliphatic imine (C=N–C) groups is 1. The van der Waals surface area contributed by atoms with Crippen LogP contribution in [0.2, 0.25) is 0 Å². The van der Waals surface area contributed by atoms with Crippen molar-refractivity contribution in [3.63, 3.8) is 0 Å². The standard InChI is InChI=1S/C21H31N5S/c1-5-24-21(27-4)19-13-26(20-18(19)12-23-14-25-20)17-9-8-16(11-17)15(2)7-6-10-22-3/h5,12-17,22H,1,6-11H2,2-4H3/t15-,16?,17?/m1/s1. The fourth-order valence-corrected chi connectivity index (χ4v) is 4.91. The maximum atomic E-state index is 4.61. The smallest absolute Gasteiger partial charge is 0.144 e. The van der Waals surface area contributed by atoms with Crippen LogP contribution < -0.4 is 5.32 Å². The molecule has 5 nitrogen and oxygen atoms in total. The fraction of sp³-hybridized carbons (Fsp3) is 0.571. The Morgan fingerprint density at radius 3 is 3.11 bits per heavy atom. The lowest BCUT2D eigenvalue weighted by Gasteiger charge is -2.20. The van der Waals surface area contributed by atoms with Crippen molar-refractivity contribution in [2.75, 3.05) is 19.8 Å². The van der Waals surface area contributed by atoms with E-state index in [2.05, 4.69) is 44.5 Å². The summed E-state index contributed by atoms with van der Waals surface area (Å²) in [5.41, 5.74) is 2.14. The lowest BCUT2D eigenvalue weighted by Crippen LogP contribution is -2.14. The van der Waals surface area contributed by atoms with Gasteiger partial charge in [0.15, 0.2) is 0 Å². The molecule has 1 fully saturated rings. The fourth-order valence-electron chi connectivity index (χ4n) is 4.35. The predicted molar refractivity (Wildman–Crippen MR) is 116 cm³/mol. The van der Waals surface area contributed by atoms with E-state index in [4.69, 9.17) is 0 Å². The molecule has 0 aromatic carbocycles.